The SMILES string of the molecule is COc1c(Cl)ccc(C(=O)c2cnoc2C2CC2)c1SC. The van der Waals surface area contributed by atoms with Crippen molar-refractivity contribution in [2.45, 2.75) is 23.7 Å². The summed E-state index contributed by atoms with van der Waals surface area (Å²) in [6.45, 7) is 0. The molecule has 0 spiro atoms. The molecule has 1 heterocycles. The zero-order valence-corrected chi connectivity index (χ0v) is 13.3. The lowest BCUT2D eigenvalue weighted by Gasteiger charge is -2.12. The van der Waals surface area contributed by atoms with E-state index in [1.807, 2.05) is 6.26 Å². The van der Waals surface area contributed by atoms with Crippen molar-refractivity contribution < 1.29 is 14.1 Å². The summed E-state index contributed by atoms with van der Waals surface area (Å²) in [7, 11) is 1.55. The number of ketones is 1. The molecule has 4 nitrogen and oxygen atoms in total. The molecule has 6 heteroatoms. The fraction of sp³-hybridized carbons (Fsp3) is 0.333. The number of thioether (sulfide) groups is 1. The van der Waals surface area contributed by atoms with Gasteiger partial charge >= 0.3 is 0 Å². The van der Waals surface area contributed by atoms with Crippen LogP contribution in [0, 0.1) is 0 Å². The summed E-state index contributed by atoms with van der Waals surface area (Å²) < 4.78 is 10.6. The second-order valence-electron chi connectivity index (χ2n) is 4.87. The Balaban J connectivity index is 2.07. The number of halogens is 1. The highest BCUT2D eigenvalue weighted by Gasteiger charge is 2.33. The standard InChI is InChI=1S/C15H14ClNO3S/c1-19-14-11(16)6-5-9(15(14)21-2)12(18)10-7-17-20-13(10)8-3-4-8/h5-8H,3-4H2,1-2H3. The highest BCUT2D eigenvalue weighted by atomic mass is 35.5. The normalized spacial score (nSPS) is 14.2. The number of nitrogens with zero attached hydrogens (tertiary/aromatic N) is 1. The molecule has 0 aliphatic heterocycles. The second kappa shape index (κ2) is 5.73. The van der Waals surface area contributed by atoms with Crippen LogP contribution in [0.15, 0.2) is 27.7 Å². The summed E-state index contributed by atoms with van der Waals surface area (Å²) in [5.74, 6) is 1.45. The molecule has 2 aromatic rings. The average Bonchev–Trinajstić information content (AvgIpc) is 3.23. The van der Waals surface area contributed by atoms with Crippen LogP contribution in [0.1, 0.15) is 40.4 Å². The first-order valence-corrected chi connectivity index (χ1v) is 8.17. The van der Waals surface area contributed by atoms with Crippen molar-refractivity contribution in [3.63, 3.8) is 0 Å². The third kappa shape index (κ3) is 2.56. The summed E-state index contributed by atoms with van der Waals surface area (Å²) in [5.41, 5.74) is 1.10. The molecule has 3 rings (SSSR count). The minimum Gasteiger partial charge on any atom is -0.494 e. The van der Waals surface area contributed by atoms with Crippen LogP contribution in [0.4, 0.5) is 0 Å². The van der Waals surface area contributed by atoms with Gasteiger partial charge in [0.15, 0.2) is 17.3 Å². The van der Waals surface area contributed by atoms with Gasteiger partial charge in [-0.1, -0.05) is 16.8 Å². The van der Waals surface area contributed by atoms with Gasteiger partial charge in [0.2, 0.25) is 0 Å². The zero-order valence-electron chi connectivity index (χ0n) is 11.7. The molecule has 1 aliphatic carbocycles. The van der Waals surface area contributed by atoms with Crippen LogP contribution in [0.3, 0.4) is 0 Å². The summed E-state index contributed by atoms with van der Waals surface area (Å²) >= 11 is 7.56. The molecule has 0 amide bonds. The van der Waals surface area contributed by atoms with E-state index in [-0.39, 0.29) is 5.78 Å². The molecule has 1 aliphatic rings. The lowest BCUT2D eigenvalue weighted by Crippen LogP contribution is -2.05. The maximum absolute atomic E-state index is 12.8. The van der Waals surface area contributed by atoms with Crippen LogP contribution >= 0.6 is 23.4 Å². The van der Waals surface area contributed by atoms with Crippen molar-refractivity contribution in [1.82, 2.24) is 5.16 Å². The lowest BCUT2D eigenvalue weighted by atomic mass is 10.0. The highest BCUT2D eigenvalue weighted by Crippen LogP contribution is 2.43. The molecule has 1 saturated carbocycles. The predicted molar refractivity (Wildman–Crippen MR) is 81.7 cm³/mol. The quantitative estimate of drug-likeness (QED) is 0.610. The number of methoxy groups -OCH3 is 1. The second-order valence-corrected chi connectivity index (χ2v) is 6.09. The maximum Gasteiger partial charge on any atom is 0.199 e. The summed E-state index contributed by atoms with van der Waals surface area (Å²) in [6.07, 6.45) is 5.49. The number of carbonyl (C=O) groups is 1. The van der Waals surface area contributed by atoms with Crippen molar-refractivity contribution in [1.29, 1.82) is 0 Å². The van der Waals surface area contributed by atoms with E-state index in [0.29, 0.717) is 33.6 Å². The predicted octanol–water partition coefficient (Wildman–Crippen LogP) is 4.17. The fourth-order valence-corrected chi connectivity index (χ4v) is 3.36. The first kappa shape index (κ1) is 14.5. The van der Waals surface area contributed by atoms with Crippen LogP contribution in [-0.4, -0.2) is 24.3 Å². The molecule has 0 N–H and O–H groups in total. The number of carbonyl (C=O) groups excluding carboxylic acids is 1. The third-order valence-corrected chi connectivity index (χ3v) is 4.62. The summed E-state index contributed by atoms with van der Waals surface area (Å²) in [4.78, 5) is 13.5. The molecule has 0 bridgehead atoms. The Kier molecular flexibility index (Phi) is 3.95. The van der Waals surface area contributed by atoms with Crippen LogP contribution < -0.4 is 4.74 Å². The van der Waals surface area contributed by atoms with Gasteiger partial charge in [-0.25, -0.2) is 0 Å². The first-order chi connectivity index (χ1) is 10.2. The van der Waals surface area contributed by atoms with Crippen LogP contribution in [-0.2, 0) is 0 Å². The molecule has 0 unspecified atom stereocenters. The monoisotopic (exact) mass is 323 g/mol. The first-order valence-electron chi connectivity index (χ1n) is 6.57. The van der Waals surface area contributed by atoms with E-state index in [2.05, 4.69) is 5.16 Å². The van der Waals surface area contributed by atoms with Crippen molar-refractivity contribution in [3.05, 3.63) is 40.2 Å². The van der Waals surface area contributed by atoms with Crippen LogP contribution in [0.2, 0.25) is 5.02 Å². The van der Waals surface area contributed by atoms with Gasteiger partial charge in [0.05, 0.1) is 28.8 Å². The van der Waals surface area contributed by atoms with Gasteiger partial charge in [0.25, 0.3) is 0 Å². The number of benzene rings is 1. The van der Waals surface area contributed by atoms with Crippen molar-refractivity contribution in [3.8, 4) is 5.75 Å². The molecule has 0 saturated heterocycles. The van der Waals surface area contributed by atoms with E-state index in [1.165, 1.54) is 18.0 Å². The zero-order chi connectivity index (χ0) is 15.0. The number of hydrogen-bond donors (Lipinski definition) is 0. The van der Waals surface area contributed by atoms with Crippen molar-refractivity contribution in [2.24, 2.45) is 0 Å². The maximum atomic E-state index is 12.8. The van der Waals surface area contributed by atoms with Gasteiger partial charge in [-0.05, 0) is 31.2 Å². The average molecular weight is 324 g/mol. The Hall–Kier alpha value is -1.46. The van der Waals surface area contributed by atoms with E-state index < -0.39 is 0 Å². The molecule has 0 atom stereocenters. The summed E-state index contributed by atoms with van der Waals surface area (Å²) in [5, 5.41) is 4.28. The lowest BCUT2D eigenvalue weighted by molar-refractivity contribution is 0.103. The van der Waals surface area contributed by atoms with E-state index in [0.717, 1.165) is 17.7 Å². The van der Waals surface area contributed by atoms with E-state index in [9.17, 15) is 4.79 Å². The molecule has 21 heavy (non-hydrogen) atoms. The van der Waals surface area contributed by atoms with Gasteiger partial charge in [0, 0.05) is 11.5 Å². The van der Waals surface area contributed by atoms with Gasteiger partial charge in [0.1, 0.15) is 0 Å². The van der Waals surface area contributed by atoms with Gasteiger partial charge in [-0.3, -0.25) is 4.79 Å². The Labute approximate surface area is 131 Å². The van der Waals surface area contributed by atoms with Gasteiger partial charge in [-0.15, -0.1) is 11.8 Å². The highest BCUT2D eigenvalue weighted by molar-refractivity contribution is 7.98. The minimum absolute atomic E-state index is 0.0996. The molecule has 110 valence electrons. The molecule has 0 radical (unpaired) electrons. The Morgan fingerprint density at radius 1 is 1.43 bits per heavy atom. The smallest absolute Gasteiger partial charge is 0.199 e. The number of ether oxygens (including phenoxy) is 1. The molecular formula is C15H14ClNO3S. The largest absolute Gasteiger partial charge is 0.494 e. The minimum atomic E-state index is -0.0996. The molecule has 1 fully saturated rings. The van der Waals surface area contributed by atoms with E-state index in [4.69, 9.17) is 20.9 Å². The van der Waals surface area contributed by atoms with Crippen molar-refractivity contribution >= 4 is 29.1 Å². The summed E-state index contributed by atoms with van der Waals surface area (Å²) in [6, 6.07) is 3.40. The van der Waals surface area contributed by atoms with E-state index in [1.54, 1.807) is 19.2 Å². The molecular weight excluding hydrogens is 310 g/mol. The third-order valence-electron chi connectivity index (χ3n) is 3.51. The molecule has 1 aromatic carbocycles. The fourth-order valence-electron chi connectivity index (χ4n) is 2.31. The van der Waals surface area contributed by atoms with Crippen molar-refractivity contribution in [2.75, 3.05) is 13.4 Å². The Morgan fingerprint density at radius 2 is 2.19 bits per heavy atom. The van der Waals surface area contributed by atoms with Gasteiger partial charge in [-0.2, -0.15) is 0 Å². The molecule has 1 aromatic heterocycles. The van der Waals surface area contributed by atoms with Crippen LogP contribution in [0.5, 0.6) is 5.75 Å². The number of rotatable bonds is 5. The number of hydrogen-bond acceptors (Lipinski definition) is 5. The number of aromatic nitrogens is 1. The van der Waals surface area contributed by atoms with E-state index >= 15 is 0 Å². The Morgan fingerprint density at radius 3 is 2.81 bits per heavy atom. The van der Waals surface area contributed by atoms with Crippen LogP contribution in [0.25, 0.3) is 0 Å². The Bertz CT molecular complexity index is 694. The van der Waals surface area contributed by atoms with Gasteiger partial charge < -0.3 is 9.26 Å². The topological polar surface area (TPSA) is 52.3 Å².